The fraction of sp³-hybridized carbons (Fsp3) is 0.533. The van der Waals surface area contributed by atoms with E-state index in [0.29, 0.717) is 24.6 Å². The summed E-state index contributed by atoms with van der Waals surface area (Å²) in [6.07, 6.45) is 0. The second-order valence-corrected chi connectivity index (χ2v) is 5.35. The third-order valence-corrected chi connectivity index (χ3v) is 3.06. The fourth-order valence-corrected chi connectivity index (χ4v) is 2.15. The van der Waals surface area contributed by atoms with Gasteiger partial charge < -0.3 is 9.64 Å². The molecule has 1 aromatic carbocycles. The number of nitro benzene ring substituents is 1. The highest BCUT2D eigenvalue weighted by Crippen LogP contribution is 2.26. The molecule has 0 amide bonds. The number of nitro groups is 1. The maximum atomic E-state index is 11.8. The molecule has 0 heterocycles. The predicted octanol–water partition coefficient (Wildman–Crippen LogP) is 2.91. The van der Waals surface area contributed by atoms with Crippen molar-refractivity contribution in [2.45, 2.75) is 20.8 Å². The SMILES string of the molecule is COCCN(CC(C)C)c1ccc([N+](=O)[O-])cc1C(C)=O. The van der Waals surface area contributed by atoms with E-state index in [0.717, 1.165) is 12.2 Å². The highest BCUT2D eigenvalue weighted by atomic mass is 16.6. The first-order valence-electron chi connectivity index (χ1n) is 6.90. The average molecular weight is 294 g/mol. The van der Waals surface area contributed by atoms with Crippen molar-refractivity contribution < 1.29 is 14.5 Å². The number of hydrogen-bond acceptors (Lipinski definition) is 5. The van der Waals surface area contributed by atoms with Crippen molar-refractivity contribution in [2.75, 3.05) is 31.7 Å². The molecule has 0 fully saturated rings. The number of anilines is 1. The number of benzene rings is 1. The highest BCUT2D eigenvalue weighted by Gasteiger charge is 2.19. The highest BCUT2D eigenvalue weighted by molar-refractivity contribution is 6.00. The van der Waals surface area contributed by atoms with Crippen molar-refractivity contribution in [3.8, 4) is 0 Å². The second kappa shape index (κ2) is 7.73. The number of carbonyl (C=O) groups excluding carboxylic acids is 1. The molecule has 0 aliphatic rings. The number of carbonyl (C=O) groups is 1. The maximum Gasteiger partial charge on any atom is 0.270 e. The Hall–Kier alpha value is -1.95. The Bertz CT molecular complexity index is 514. The van der Waals surface area contributed by atoms with Gasteiger partial charge in [0.2, 0.25) is 0 Å². The van der Waals surface area contributed by atoms with Crippen LogP contribution in [0.5, 0.6) is 0 Å². The molecule has 0 radical (unpaired) electrons. The van der Waals surface area contributed by atoms with E-state index in [1.165, 1.54) is 19.1 Å². The third kappa shape index (κ3) is 4.82. The van der Waals surface area contributed by atoms with Crippen LogP contribution in [0.3, 0.4) is 0 Å². The van der Waals surface area contributed by atoms with Crippen LogP contribution in [0.15, 0.2) is 18.2 Å². The first-order chi connectivity index (χ1) is 9.86. The van der Waals surface area contributed by atoms with Crippen LogP contribution < -0.4 is 4.90 Å². The van der Waals surface area contributed by atoms with Crippen molar-refractivity contribution >= 4 is 17.2 Å². The van der Waals surface area contributed by atoms with Crippen LogP contribution in [0.4, 0.5) is 11.4 Å². The number of ketones is 1. The monoisotopic (exact) mass is 294 g/mol. The molecule has 0 unspecified atom stereocenters. The molecule has 0 aromatic heterocycles. The lowest BCUT2D eigenvalue weighted by Crippen LogP contribution is -2.32. The first kappa shape index (κ1) is 17.1. The standard InChI is InChI=1S/C15H22N2O4/c1-11(2)10-16(7-8-21-4)15-6-5-13(17(19)20)9-14(15)12(3)18/h5-6,9,11H,7-8,10H2,1-4H3. The lowest BCUT2D eigenvalue weighted by atomic mass is 10.1. The maximum absolute atomic E-state index is 11.8. The van der Waals surface area contributed by atoms with Gasteiger partial charge in [0.25, 0.3) is 5.69 Å². The van der Waals surface area contributed by atoms with Crippen molar-refractivity contribution in [3.05, 3.63) is 33.9 Å². The molecule has 6 nitrogen and oxygen atoms in total. The van der Waals surface area contributed by atoms with E-state index in [1.807, 2.05) is 4.90 Å². The summed E-state index contributed by atoms with van der Waals surface area (Å²) >= 11 is 0. The van der Waals surface area contributed by atoms with E-state index in [1.54, 1.807) is 13.2 Å². The first-order valence-corrected chi connectivity index (χ1v) is 6.90. The Labute approximate surface area is 124 Å². The Balaban J connectivity index is 3.21. The van der Waals surface area contributed by atoms with Gasteiger partial charge in [0.1, 0.15) is 0 Å². The van der Waals surface area contributed by atoms with E-state index >= 15 is 0 Å². The van der Waals surface area contributed by atoms with Crippen LogP contribution in [-0.2, 0) is 4.74 Å². The van der Waals surface area contributed by atoms with Crippen molar-refractivity contribution in [1.82, 2.24) is 0 Å². The van der Waals surface area contributed by atoms with Crippen LogP contribution in [0.2, 0.25) is 0 Å². The van der Waals surface area contributed by atoms with Gasteiger partial charge in [-0.3, -0.25) is 14.9 Å². The number of rotatable bonds is 8. The van der Waals surface area contributed by atoms with E-state index in [-0.39, 0.29) is 11.5 Å². The van der Waals surface area contributed by atoms with Crippen LogP contribution in [0, 0.1) is 16.0 Å². The van der Waals surface area contributed by atoms with Gasteiger partial charge in [-0.15, -0.1) is 0 Å². The Morgan fingerprint density at radius 3 is 2.57 bits per heavy atom. The number of nitrogens with zero attached hydrogens (tertiary/aromatic N) is 2. The zero-order chi connectivity index (χ0) is 16.0. The molecule has 1 rings (SSSR count). The molecule has 0 aliphatic carbocycles. The minimum Gasteiger partial charge on any atom is -0.383 e. The van der Waals surface area contributed by atoms with Crippen molar-refractivity contribution in [3.63, 3.8) is 0 Å². The molecule has 0 saturated carbocycles. The largest absolute Gasteiger partial charge is 0.383 e. The van der Waals surface area contributed by atoms with Gasteiger partial charge in [-0.05, 0) is 18.9 Å². The number of methoxy groups -OCH3 is 1. The lowest BCUT2D eigenvalue weighted by Gasteiger charge is -2.28. The van der Waals surface area contributed by atoms with Crippen LogP contribution >= 0.6 is 0 Å². The smallest absolute Gasteiger partial charge is 0.270 e. The number of hydrogen-bond donors (Lipinski definition) is 0. The summed E-state index contributed by atoms with van der Waals surface area (Å²) in [5.41, 5.74) is 1.03. The molecule has 0 aliphatic heterocycles. The fourth-order valence-electron chi connectivity index (χ4n) is 2.15. The molecule has 0 bridgehead atoms. The molecule has 6 heteroatoms. The summed E-state index contributed by atoms with van der Waals surface area (Å²) in [6.45, 7) is 7.50. The van der Waals surface area contributed by atoms with Gasteiger partial charge >= 0.3 is 0 Å². The molecule has 116 valence electrons. The number of Topliss-reactive ketones (excluding diaryl/α,β-unsaturated/α-hetero) is 1. The number of non-ortho nitro benzene ring substituents is 1. The van der Waals surface area contributed by atoms with E-state index in [4.69, 9.17) is 4.74 Å². The normalized spacial score (nSPS) is 10.7. The lowest BCUT2D eigenvalue weighted by molar-refractivity contribution is -0.384. The summed E-state index contributed by atoms with van der Waals surface area (Å²) in [6, 6.07) is 4.42. The molecular weight excluding hydrogens is 272 g/mol. The minimum absolute atomic E-state index is 0.0693. The third-order valence-electron chi connectivity index (χ3n) is 3.06. The Morgan fingerprint density at radius 2 is 2.10 bits per heavy atom. The summed E-state index contributed by atoms with van der Waals surface area (Å²) < 4.78 is 5.10. The van der Waals surface area contributed by atoms with Gasteiger partial charge in [-0.1, -0.05) is 13.8 Å². The summed E-state index contributed by atoms with van der Waals surface area (Å²) in [4.78, 5) is 24.2. The number of ether oxygens (including phenoxy) is 1. The van der Waals surface area contributed by atoms with Gasteiger partial charge in [0.05, 0.1) is 11.5 Å². The second-order valence-electron chi connectivity index (χ2n) is 5.35. The Kier molecular flexibility index (Phi) is 6.30. The van der Waals surface area contributed by atoms with Gasteiger partial charge in [-0.25, -0.2) is 0 Å². The topological polar surface area (TPSA) is 72.7 Å². The van der Waals surface area contributed by atoms with Crippen LogP contribution in [-0.4, -0.2) is 37.5 Å². The molecule has 0 spiro atoms. The van der Waals surface area contributed by atoms with Gasteiger partial charge in [-0.2, -0.15) is 0 Å². The molecule has 0 atom stereocenters. The zero-order valence-corrected chi connectivity index (χ0v) is 13.0. The predicted molar refractivity (Wildman–Crippen MR) is 82.0 cm³/mol. The Morgan fingerprint density at radius 1 is 1.43 bits per heavy atom. The zero-order valence-electron chi connectivity index (χ0n) is 13.0. The van der Waals surface area contributed by atoms with Crippen LogP contribution in [0.25, 0.3) is 0 Å². The van der Waals surface area contributed by atoms with E-state index < -0.39 is 4.92 Å². The van der Waals surface area contributed by atoms with E-state index in [9.17, 15) is 14.9 Å². The molecular formula is C15H22N2O4. The molecule has 0 saturated heterocycles. The van der Waals surface area contributed by atoms with Crippen molar-refractivity contribution in [2.24, 2.45) is 5.92 Å². The molecule has 1 aromatic rings. The van der Waals surface area contributed by atoms with Gasteiger partial charge in [0.15, 0.2) is 5.78 Å². The van der Waals surface area contributed by atoms with Gasteiger partial charge in [0, 0.05) is 43.6 Å². The van der Waals surface area contributed by atoms with Crippen LogP contribution in [0.1, 0.15) is 31.1 Å². The summed E-state index contributed by atoms with van der Waals surface area (Å²) in [7, 11) is 1.62. The molecule has 21 heavy (non-hydrogen) atoms. The summed E-state index contributed by atoms with van der Waals surface area (Å²) in [5, 5.41) is 10.9. The minimum atomic E-state index is -0.488. The van der Waals surface area contributed by atoms with Crippen molar-refractivity contribution in [1.29, 1.82) is 0 Å². The summed E-state index contributed by atoms with van der Waals surface area (Å²) in [5.74, 6) is 0.219. The average Bonchev–Trinajstić information content (AvgIpc) is 2.42. The van der Waals surface area contributed by atoms with E-state index in [2.05, 4.69) is 13.8 Å². The molecule has 0 N–H and O–H groups in total. The quantitative estimate of drug-likeness (QED) is 0.419.